The highest BCUT2D eigenvalue weighted by atomic mass is 35.5. The van der Waals surface area contributed by atoms with Gasteiger partial charge in [-0.3, -0.25) is 20.2 Å². The molecule has 4 amide bonds. The van der Waals surface area contributed by atoms with Crippen molar-refractivity contribution < 1.29 is 23.9 Å². The predicted octanol–water partition coefficient (Wildman–Crippen LogP) is 4.06. The fraction of sp³-hybridized carbons (Fsp3) is 0.136. The molecule has 1 saturated heterocycles. The van der Waals surface area contributed by atoms with Gasteiger partial charge in [0.05, 0.1) is 7.11 Å². The van der Waals surface area contributed by atoms with E-state index in [1.807, 2.05) is 10.6 Å². The number of barbiturate groups is 1. The van der Waals surface area contributed by atoms with Gasteiger partial charge < -0.3 is 9.47 Å². The van der Waals surface area contributed by atoms with E-state index < -0.39 is 17.8 Å². The van der Waals surface area contributed by atoms with E-state index in [9.17, 15) is 14.4 Å². The molecule has 1 aliphatic rings. The lowest BCUT2D eigenvalue weighted by molar-refractivity contribution is -0.123. The Bertz CT molecular complexity index is 1090. The van der Waals surface area contributed by atoms with Gasteiger partial charge in [-0.25, -0.2) is 4.79 Å². The van der Waals surface area contributed by atoms with Crippen molar-refractivity contribution in [3.05, 3.63) is 75.3 Å². The lowest BCUT2D eigenvalue weighted by Crippen LogP contribution is -2.51. The number of urea groups is 1. The van der Waals surface area contributed by atoms with Gasteiger partial charge in [-0.05, 0) is 42.3 Å². The number of hydrogen-bond donors (Lipinski definition) is 2. The van der Waals surface area contributed by atoms with Crippen molar-refractivity contribution in [3.63, 3.8) is 0 Å². The van der Waals surface area contributed by atoms with Crippen molar-refractivity contribution in [2.45, 2.75) is 13.0 Å². The second kappa shape index (κ2) is 9.68. The molecule has 160 valence electrons. The van der Waals surface area contributed by atoms with Crippen LogP contribution in [0.25, 0.3) is 6.08 Å². The summed E-state index contributed by atoms with van der Waals surface area (Å²) in [5, 5.41) is 5.07. The number of carbonyl (C=O) groups is 3. The number of benzene rings is 2. The molecule has 31 heavy (non-hydrogen) atoms. The molecule has 0 saturated carbocycles. The van der Waals surface area contributed by atoms with Crippen LogP contribution in [-0.2, 0) is 22.6 Å². The first-order valence-corrected chi connectivity index (χ1v) is 9.85. The van der Waals surface area contributed by atoms with E-state index in [2.05, 4.69) is 6.58 Å². The summed E-state index contributed by atoms with van der Waals surface area (Å²) in [6, 6.07) is 7.62. The maximum atomic E-state index is 12.0. The van der Waals surface area contributed by atoms with E-state index in [0.717, 1.165) is 11.1 Å². The lowest BCUT2D eigenvalue weighted by Gasteiger charge is -2.17. The fourth-order valence-corrected chi connectivity index (χ4v) is 3.41. The van der Waals surface area contributed by atoms with Crippen molar-refractivity contribution in [1.82, 2.24) is 10.6 Å². The molecule has 2 N–H and O–H groups in total. The van der Waals surface area contributed by atoms with Crippen molar-refractivity contribution in [2.75, 3.05) is 7.11 Å². The average Bonchev–Trinajstić information content (AvgIpc) is 2.71. The minimum Gasteiger partial charge on any atom is -0.493 e. The number of nitrogens with one attached hydrogen (secondary N) is 2. The molecular weight excluding hydrogens is 443 g/mol. The van der Waals surface area contributed by atoms with Gasteiger partial charge in [0.25, 0.3) is 11.8 Å². The molecule has 0 aromatic heterocycles. The van der Waals surface area contributed by atoms with Gasteiger partial charge in [-0.2, -0.15) is 0 Å². The van der Waals surface area contributed by atoms with Gasteiger partial charge in [0.1, 0.15) is 12.2 Å². The molecule has 1 fully saturated rings. The molecule has 0 aliphatic carbocycles. The predicted molar refractivity (Wildman–Crippen MR) is 117 cm³/mol. The highest BCUT2D eigenvalue weighted by Crippen LogP contribution is 2.35. The summed E-state index contributed by atoms with van der Waals surface area (Å²) in [4.78, 5) is 35.3. The number of ether oxygens (including phenoxy) is 2. The molecule has 2 aromatic rings. The van der Waals surface area contributed by atoms with Gasteiger partial charge in [0, 0.05) is 21.2 Å². The van der Waals surface area contributed by atoms with Gasteiger partial charge in [-0.1, -0.05) is 35.3 Å². The Morgan fingerprint density at radius 3 is 2.35 bits per heavy atom. The van der Waals surface area contributed by atoms with Crippen LogP contribution in [0, 0.1) is 0 Å². The zero-order valence-corrected chi connectivity index (χ0v) is 18.0. The normalized spacial score (nSPS) is 13.4. The number of allylic oxidation sites excluding steroid dienone is 1. The number of amides is 4. The fourth-order valence-electron chi connectivity index (χ4n) is 2.95. The monoisotopic (exact) mass is 460 g/mol. The van der Waals surface area contributed by atoms with Crippen molar-refractivity contribution in [3.8, 4) is 11.5 Å². The van der Waals surface area contributed by atoms with E-state index in [1.54, 1.807) is 36.4 Å². The third-order valence-electron chi connectivity index (χ3n) is 4.38. The number of methoxy groups -OCH3 is 1. The minimum absolute atomic E-state index is 0.171. The first kappa shape index (κ1) is 22.4. The topological polar surface area (TPSA) is 93.7 Å². The Hall–Kier alpha value is -3.29. The van der Waals surface area contributed by atoms with Crippen LogP contribution in [0.15, 0.2) is 48.6 Å². The maximum absolute atomic E-state index is 12.0. The molecule has 0 atom stereocenters. The van der Waals surface area contributed by atoms with Gasteiger partial charge in [-0.15, -0.1) is 6.58 Å². The third-order valence-corrected chi connectivity index (χ3v) is 4.97. The van der Waals surface area contributed by atoms with Crippen LogP contribution < -0.4 is 20.1 Å². The van der Waals surface area contributed by atoms with E-state index in [-0.39, 0.29) is 12.2 Å². The molecule has 9 heteroatoms. The van der Waals surface area contributed by atoms with Crippen LogP contribution in [0.1, 0.15) is 16.7 Å². The molecule has 0 bridgehead atoms. The number of imide groups is 2. The van der Waals surface area contributed by atoms with E-state index in [1.165, 1.54) is 13.2 Å². The van der Waals surface area contributed by atoms with Crippen LogP contribution >= 0.6 is 23.2 Å². The average molecular weight is 461 g/mol. The molecule has 0 spiro atoms. The molecule has 7 nitrogen and oxygen atoms in total. The smallest absolute Gasteiger partial charge is 0.328 e. The maximum Gasteiger partial charge on any atom is 0.328 e. The molecule has 2 aromatic carbocycles. The zero-order chi connectivity index (χ0) is 22.5. The van der Waals surface area contributed by atoms with Crippen molar-refractivity contribution in [1.29, 1.82) is 0 Å². The summed E-state index contributed by atoms with van der Waals surface area (Å²) in [5.74, 6) is -0.696. The van der Waals surface area contributed by atoms with E-state index in [4.69, 9.17) is 32.7 Å². The highest BCUT2D eigenvalue weighted by Gasteiger charge is 2.28. The summed E-state index contributed by atoms with van der Waals surface area (Å²) >= 11 is 12.2. The summed E-state index contributed by atoms with van der Waals surface area (Å²) in [6.45, 7) is 3.93. The Balaban J connectivity index is 1.96. The van der Waals surface area contributed by atoms with Crippen LogP contribution in [0.4, 0.5) is 4.79 Å². The summed E-state index contributed by atoms with van der Waals surface area (Å²) in [5.41, 5.74) is 1.77. The number of carbonyl (C=O) groups excluding carboxylic acids is 3. The summed E-state index contributed by atoms with van der Waals surface area (Å²) < 4.78 is 11.5. The molecule has 1 aliphatic heterocycles. The first-order valence-electron chi connectivity index (χ1n) is 9.09. The van der Waals surface area contributed by atoms with Gasteiger partial charge >= 0.3 is 6.03 Å². The lowest BCUT2D eigenvalue weighted by atomic mass is 10.0. The summed E-state index contributed by atoms with van der Waals surface area (Å²) in [6.07, 6.45) is 3.49. The van der Waals surface area contributed by atoms with Gasteiger partial charge in [0.2, 0.25) is 0 Å². The van der Waals surface area contributed by atoms with E-state index >= 15 is 0 Å². The molecule has 0 radical (unpaired) electrons. The second-order valence-electron chi connectivity index (χ2n) is 6.52. The molecule has 0 unspecified atom stereocenters. The second-order valence-corrected chi connectivity index (χ2v) is 7.37. The largest absolute Gasteiger partial charge is 0.493 e. The number of hydrogen-bond acceptors (Lipinski definition) is 5. The molecule has 1 heterocycles. The van der Waals surface area contributed by atoms with Crippen LogP contribution in [-0.4, -0.2) is 25.0 Å². The van der Waals surface area contributed by atoms with Crippen molar-refractivity contribution >= 4 is 47.1 Å². The number of rotatable bonds is 7. The Labute approximate surface area is 188 Å². The summed E-state index contributed by atoms with van der Waals surface area (Å²) in [7, 11) is 1.48. The number of halogens is 2. The van der Waals surface area contributed by atoms with E-state index in [0.29, 0.717) is 33.5 Å². The van der Waals surface area contributed by atoms with Crippen molar-refractivity contribution in [2.24, 2.45) is 0 Å². The zero-order valence-electron chi connectivity index (χ0n) is 16.5. The molecule has 3 rings (SSSR count). The minimum atomic E-state index is -0.860. The standard InChI is InChI=1S/C22H18Cl2N2O5/c1-3-4-13-7-12(8-16-20(27)25-22(29)26-21(16)28)9-18(30-2)19(13)31-11-14-5-6-15(23)10-17(14)24/h3,5-10H,1,4,11H2,2H3,(H2,25,26,27,28,29). The Morgan fingerprint density at radius 2 is 1.74 bits per heavy atom. The quantitative estimate of drug-likeness (QED) is 0.369. The molecular formula is C22H18Cl2N2O5. The Morgan fingerprint density at radius 1 is 1.03 bits per heavy atom. The third kappa shape index (κ3) is 5.25. The highest BCUT2D eigenvalue weighted by molar-refractivity contribution is 6.35. The first-order chi connectivity index (χ1) is 14.8. The Kier molecular flexibility index (Phi) is 6.99. The van der Waals surface area contributed by atoms with Crippen LogP contribution in [0.5, 0.6) is 11.5 Å². The van der Waals surface area contributed by atoms with Gasteiger partial charge in [0.15, 0.2) is 11.5 Å². The SMILES string of the molecule is C=CCc1cc(C=C2C(=O)NC(=O)NC2=O)cc(OC)c1OCc1ccc(Cl)cc1Cl. The van der Waals surface area contributed by atoms with Crippen LogP contribution in [0.2, 0.25) is 10.0 Å². The van der Waals surface area contributed by atoms with Crippen LogP contribution in [0.3, 0.4) is 0 Å².